The Bertz CT molecular complexity index is 528. The Balaban J connectivity index is 2.21. The first-order valence-corrected chi connectivity index (χ1v) is 7.73. The van der Waals surface area contributed by atoms with Gasteiger partial charge in [-0.15, -0.1) is 0 Å². The maximum Gasteiger partial charge on any atom is 0.0637 e. The molecule has 1 unspecified atom stereocenters. The highest BCUT2D eigenvalue weighted by molar-refractivity contribution is 14.1. The van der Waals surface area contributed by atoms with E-state index in [9.17, 15) is 0 Å². The number of rotatable bonds is 5. The molecule has 1 atom stereocenters. The summed E-state index contributed by atoms with van der Waals surface area (Å²) in [6, 6.07) is 10.8. The third-order valence-electron chi connectivity index (χ3n) is 2.98. The molecule has 19 heavy (non-hydrogen) atoms. The van der Waals surface area contributed by atoms with Crippen LogP contribution in [0.25, 0.3) is 0 Å². The minimum Gasteiger partial charge on any atom is -0.310 e. The molecular weight excluding hydrogens is 371 g/mol. The van der Waals surface area contributed by atoms with Gasteiger partial charge in [0, 0.05) is 22.0 Å². The van der Waals surface area contributed by atoms with Crippen molar-refractivity contribution in [2.24, 2.45) is 0 Å². The maximum atomic E-state index is 6.24. The molecule has 0 amide bonds. The first kappa shape index (κ1) is 14.8. The molecule has 2 aromatic rings. The van der Waals surface area contributed by atoms with Crippen molar-refractivity contribution in [3.63, 3.8) is 0 Å². The highest BCUT2D eigenvalue weighted by atomic mass is 127. The Hall–Kier alpha value is -0.650. The summed E-state index contributed by atoms with van der Waals surface area (Å²) in [4.78, 5) is 4.05. The van der Waals surface area contributed by atoms with Gasteiger partial charge in [-0.2, -0.15) is 0 Å². The molecule has 0 aliphatic carbocycles. The van der Waals surface area contributed by atoms with Gasteiger partial charge < -0.3 is 5.32 Å². The number of hydrogen-bond acceptors (Lipinski definition) is 2. The number of hydrogen-bond donors (Lipinski definition) is 1. The summed E-state index contributed by atoms with van der Waals surface area (Å²) in [6.07, 6.45) is 4.42. The van der Waals surface area contributed by atoms with Crippen LogP contribution in [-0.2, 0) is 6.42 Å². The van der Waals surface area contributed by atoms with E-state index in [1.54, 1.807) is 12.4 Å². The summed E-state index contributed by atoms with van der Waals surface area (Å²) >= 11 is 8.56. The topological polar surface area (TPSA) is 24.9 Å². The van der Waals surface area contributed by atoms with Crippen molar-refractivity contribution >= 4 is 34.2 Å². The smallest absolute Gasteiger partial charge is 0.0637 e. The molecule has 2 nitrogen and oxygen atoms in total. The second-order valence-corrected chi connectivity index (χ2v) is 5.99. The molecule has 0 saturated carbocycles. The lowest BCUT2D eigenvalue weighted by Gasteiger charge is -2.19. The number of benzene rings is 1. The van der Waals surface area contributed by atoms with Crippen LogP contribution in [0.1, 0.15) is 24.1 Å². The number of halogens is 2. The summed E-state index contributed by atoms with van der Waals surface area (Å²) in [5.74, 6) is 0. The van der Waals surface area contributed by atoms with Crippen LogP contribution in [0.4, 0.5) is 0 Å². The van der Waals surface area contributed by atoms with Crippen LogP contribution in [0, 0.1) is 3.57 Å². The number of nitrogens with zero attached hydrogens (tertiary/aromatic N) is 1. The standard InChI is InChI=1S/C15H16ClIN2/c1-2-19-15(13-7-8-18-10-14(13)16)9-11-3-5-12(17)6-4-11/h3-8,10,15,19H,2,9H2,1H3. The van der Waals surface area contributed by atoms with E-state index in [2.05, 4.69) is 64.1 Å². The maximum absolute atomic E-state index is 6.24. The average molecular weight is 387 g/mol. The number of likely N-dealkylation sites (N-methyl/N-ethyl adjacent to an activating group) is 1. The van der Waals surface area contributed by atoms with Crippen LogP contribution in [0.3, 0.4) is 0 Å². The predicted octanol–water partition coefficient (Wildman–Crippen LogP) is 4.23. The second-order valence-electron chi connectivity index (χ2n) is 4.34. The van der Waals surface area contributed by atoms with Gasteiger partial charge in [0.15, 0.2) is 0 Å². The van der Waals surface area contributed by atoms with E-state index in [4.69, 9.17) is 11.6 Å². The fraction of sp³-hybridized carbons (Fsp3) is 0.267. The lowest BCUT2D eigenvalue weighted by molar-refractivity contribution is 0.549. The quantitative estimate of drug-likeness (QED) is 0.778. The van der Waals surface area contributed by atoms with E-state index in [0.717, 1.165) is 23.6 Å². The Morgan fingerprint density at radius 3 is 2.63 bits per heavy atom. The third kappa shape index (κ3) is 4.16. The van der Waals surface area contributed by atoms with Crippen LogP contribution < -0.4 is 5.32 Å². The van der Waals surface area contributed by atoms with Crippen molar-refractivity contribution in [1.29, 1.82) is 0 Å². The summed E-state index contributed by atoms with van der Waals surface area (Å²) in [5, 5.41) is 4.21. The molecule has 0 aliphatic rings. The third-order valence-corrected chi connectivity index (χ3v) is 4.02. The zero-order valence-corrected chi connectivity index (χ0v) is 13.6. The molecule has 0 spiro atoms. The van der Waals surface area contributed by atoms with E-state index in [0.29, 0.717) is 0 Å². The number of pyridine rings is 1. The van der Waals surface area contributed by atoms with Crippen molar-refractivity contribution in [2.75, 3.05) is 6.54 Å². The van der Waals surface area contributed by atoms with Gasteiger partial charge in [-0.3, -0.25) is 4.98 Å². The monoisotopic (exact) mass is 386 g/mol. The van der Waals surface area contributed by atoms with Crippen LogP contribution in [0.2, 0.25) is 5.02 Å². The van der Waals surface area contributed by atoms with Crippen molar-refractivity contribution in [3.8, 4) is 0 Å². The fourth-order valence-electron chi connectivity index (χ4n) is 2.06. The normalized spacial score (nSPS) is 12.4. The highest BCUT2D eigenvalue weighted by Crippen LogP contribution is 2.25. The molecular formula is C15H16ClIN2. The van der Waals surface area contributed by atoms with Crippen LogP contribution in [0.15, 0.2) is 42.7 Å². The van der Waals surface area contributed by atoms with Crippen molar-refractivity contribution < 1.29 is 0 Å². The van der Waals surface area contributed by atoms with Crippen molar-refractivity contribution in [2.45, 2.75) is 19.4 Å². The molecule has 1 N–H and O–H groups in total. The minimum absolute atomic E-state index is 0.223. The molecule has 1 heterocycles. The SMILES string of the molecule is CCNC(Cc1ccc(I)cc1)c1ccncc1Cl. The molecule has 0 fully saturated rings. The van der Waals surface area contributed by atoms with Gasteiger partial charge >= 0.3 is 0 Å². The lowest BCUT2D eigenvalue weighted by Crippen LogP contribution is -2.23. The molecule has 1 aromatic heterocycles. The van der Waals surface area contributed by atoms with E-state index in [1.807, 2.05) is 6.07 Å². The number of aromatic nitrogens is 1. The molecule has 100 valence electrons. The second kappa shape index (κ2) is 7.22. The summed E-state index contributed by atoms with van der Waals surface area (Å²) < 4.78 is 1.25. The average Bonchev–Trinajstić information content (AvgIpc) is 2.41. The van der Waals surface area contributed by atoms with Gasteiger partial charge in [0.05, 0.1) is 5.02 Å². The summed E-state index contributed by atoms with van der Waals surface area (Å²) in [7, 11) is 0. The van der Waals surface area contributed by atoms with Gasteiger partial charge in [-0.1, -0.05) is 30.7 Å². The molecule has 1 aromatic carbocycles. The fourth-order valence-corrected chi connectivity index (χ4v) is 2.67. The van der Waals surface area contributed by atoms with E-state index in [1.165, 1.54) is 9.13 Å². The lowest BCUT2D eigenvalue weighted by atomic mass is 9.99. The summed E-state index contributed by atoms with van der Waals surface area (Å²) in [5.41, 5.74) is 2.41. The van der Waals surface area contributed by atoms with Gasteiger partial charge in [-0.25, -0.2) is 0 Å². The van der Waals surface area contributed by atoms with Gasteiger partial charge in [-0.05, 0) is 64.9 Å². The molecule has 4 heteroatoms. The first-order chi connectivity index (χ1) is 9.20. The molecule has 0 bridgehead atoms. The first-order valence-electron chi connectivity index (χ1n) is 6.28. The van der Waals surface area contributed by atoms with Crippen molar-refractivity contribution in [1.82, 2.24) is 10.3 Å². The Kier molecular flexibility index (Phi) is 5.60. The largest absolute Gasteiger partial charge is 0.310 e. The molecule has 2 rings (SSSR count). The molecule has 0 saturated heterocycles. The highest BCUT2D eigenvalue weighted by Gasteiger charge is 2.14. The van der Waals surface area contributed by atoms with Crippen LogP contribution in [-0.4, -0.2) is 11.5 Å². The Morgan fingerprint density at radius 1 is 1.26 bits per heavy atom. The van der Waals surface area contributed by atoms with Crippen molar-refractivity contribution in [3.05, 3.63) is 62.4 Å². The van der Waals surface area contributed by atoms with Gasteiger partial charge in [0.25, 0.3) is 0 Å². The van der Waals surface area contributed by atoms with Gasteiger partial charge in [0.2, 0.25) is 0 Å². The predicted molar refractivity (Wildman–Crippen MR) is 88.5 cm³/mol. The van der Waals surface area contributed by atoms with Crippen LogP contribution >= 0.6 is 34.2 Å². The molecule has 0 aliphatic heterocycles. The Morgan fingerprint density at radius 2 is 2.00 bits per heavy atom. The summed E-state index contributed by atoms with van der Waals surface area (Å²) in [6.45, 7) is 3.02. The van der Waals surface area contributed by atoms with E-state index in [-0.39, 0.29) is 6.04 Å². The number of nitrogens with one attached hydrogen (secondary N) is 1. The van der Waals surface area contributed by atoms with Crippen LogP contribution in [0.5, 0.6) is 0 Å². The zero-order chi connectivity index (χ0) is 13.7. The van der Waals surface area contributed by atoms with Gasteiger partial charge in [0.1, 0.15) is 0 Å². The zero-order valence-electron chi connectivity index (χ0n) is 10.7. The minimum atomic E-state index is 0.223. The van der Waals surface area contributed by atoms with E-state index >= 15 is 0 Å². The Labute approximate surface area is 132 Å². The van der Waals surface area contributed by atoms with E-state index < -0.39 is 0 Å². The molecule has 0 radical (unpaired) electrons.